The van der Waals surface area contributed by atoms with Crippen molar-refractivity contribution in [1.82, 2.24) is 9.78 Å². The van der Waals surface area contributed by atoms with Crippen molar-refractivity contribution in [3.63, 3.8) is 0 Å². The SMILES string of the molecule is CC1CC(F)(F)C1.Cc1cn(C)nc1C. The first kappa shape index (κ1) is 12.1. The lowest BCUT2D eigenvalue weighted by molar-refractivity contribution is -0.104. The van der Waals surface area contributed by atoms with Gasteiger partial charge in [-0.25, -0.2) is 8.78 Å². The maximum absolute atomic E-state index is 11.8. The molecule has 0 aromatic carbocycles. The molecular formula is C11H18F2N2. The Balaban J connectivity index is 0.000000151. The summed E-state index contributed by atoms with van der Waals surface area (Å²) in [5.74, 6) is -2.05. The molecule has 86 valence electrons. The summed E-state index contributed by atoms with van der Waals surface area (Å²) < 4.78 is 25.4. The molecule has 2 nitrogen and oxygen atoms in total. The fourth-order valence-electron chi connectivity index (χ4n) is 1.68. The van der Waals surface area contributed by atoms with Crippen LogP contribution in [-0.4, -0.2) is 15.7 Å². The largest absolute Gasteiger partial charge is 0.275 e. The summed E-state index contributed by atoms with van der Waals surface area (Å²) in [6.45, 7) is 5.91. The van der Waals surface area contributed by atoms with E-state index >= 15 is 0 Å². The molecule has 0 N–H and O–H groups in total. The zero-order valence-electron chi connectivity index (χ0n) is 9.72. The molecule has 4 heteroatoms. The molecule has 15 heavy (non-hydrogen) atoms. The second-order valence-electron chi connectivity index (χ2n) is 4.44. The molecule has 0 spiro atoms. The summed E-state index contributed by atoms with van der Waals surface area (Å²) in [5.41, 5.74) is 2.38. The van der Waals surface area contributed by atoms with Gasteiger partial charge in [-0.15, -0.1) is 0 Å². The molecule has 0 amide bonds. The van der Waals surface area contributed by atoms with Crippen LogP contribution in [0, 0.1) is 19.8 Å². The first-order valence-electron chi connectivity index (χ1n) is 5.15. The fourth-order valence-corrected chi connectivity index (χ4v) is 1.68. The molecule has 0 radical (unpaired) electrons. The molecule has 2 rings (SSSR count). The van der Waals surface area contributed by atoms with E-state index in [4.69, 9.17) is 0 Å². The molecule has 1 aliphatic rings. The predicted molar refractivity (Wildman–Crippen MR) is 56.0 cm³/mol. The van der Waals surface area contributed by atoms with Gasteiger partial charge in [0, 0.05) is 26.1 Å². The number of halogens is 2. The molecule has 1 heterocycles. The summed E-state index contributed by atoms with van der Waals surface area (Å²) in [6, 6.07) is 0. The standard InChI is InChI=1S/C6H10N2.C5H8F2/c1-5-4-8(3)7-6(5)2;1-4-2-5(6,7)3-4/h4H,1-3H3;4H,2-3H2,1H3. The zero-order valence-corrected chi connectivity index (χ0v) is 9.72. The normalized spacial score (nSPS) is 19.1. The maximum atomic E-state index is 11.8. The van der Waals surface area contributed by atoms with Crippen molar-refractivity contribution >= 4 is 0 Å². The van der Waals surface area contributed by atoms with E-state index in [0.717, 1.165) is 5.69 Å². The van der Waals surface area contributed by atoms with Gasteiger partial charge in [-0.3, -0.25) is 4.68 Å². The van der Waals surface area contributed by atoms with E-state index in [1.165, 1.54) is 5.56 Å². The third kappa shape index (κ3) is 3.61. The van der Waals surface area contributed by atoms with Gasteiger partial charge < -0.3 is 0 Å². The quantitative estimate of drug-likeness (QED) is 0.651. The monoisotopic (exact) mass is 216 g/mol. The van der Waals surface area contributed by atoms with Crippen LogP contribution >= 0.6 is 0 Å². The zero-order chi connectivity index (χ0) is 11.6. The minimum Gasteiger partial charge on any atom is -0.275 e. The highest BCUT2D eigenvalue weighted by atomic mass is 19.3. The third-order valence-corrected chi connectivity index (χ3v) is 2.55. The predicted octanol–water partition coefficient (Wildman–Crippen LogP) is 3.09. The minimum atomic E-state index is -2.31. The highest BCUT2D eigenvalue weighted by Gasteiger charge is 2.42. The van der Waals surface area contributed by atoms with Gasteiger partial charge in [0.15, 0.2) is 0 Å². The maximum Gasteiger partial charge on any atom is 0.248 e. The van der Waals surface area contributed by atoms with Crippen LogP contribution in [0.25, 0.3) is 0 Å². The van der Waals surface area contributed by atoms with Crippen molar-refractivity contribution in [2.45, 2.75) is 39.5 Å². The fraction of sp³-hybridized carbons (Fsp3) is 0.727. The van der Waals surface area contributed by atoms with Crippen LogP contribution in [-0.2, 0) is 7.05 Å². The van der Waals surface area contributed by atoms with Gasteiger partial charge in [0.05, 0.1) is 5.69 Å². The van der Waals surface area contributed by atoms with E-state index in [0.29, 0.717) is 0 Å². The third-order valence-electron chi connectivity index (χ3n) is 2.55. The van der Waals surface area contributed by atoms with Crippen LogP contribution in [0.15, 0.2) is 6.20 Å². The Morgan fingerprint density at radius 3 is 2.00 bits per heavy atom. The second-order valence-corrected chi connectivity index (χ2v) is 4.44. The van der Waals surface area contributed by atoms with Gasteiger partial charge in [0.25, 0.3) is 0 Å². The number of hydrogen-bond acceptors (Lipinski definition) is 1. The molecule has 0 bridgehead atoms. The number of alkyl halides is 2. The van der Waals surface area contributed by atoms with Crippen molar-refractivity contribution in [2.75, 3.05) is 0 Å². The Morgan fingerprint density at radius 2 is 1.93 bits per heavy atom. The van der Waals surface area contributed by atoms with Crippen LogP contribution in [0.5, 0.6) is 0 Å². The highest BCUT2D eigenvalue weighted by molar-refractivity contribution is 5.11. The summed E-state index contributed by atoms with van der Waals surface area (Å²) in [5, 5.41) is 4.13. The molecule has 1 aromatic heterocycles. The van der Waals surface area contributed by atoms with Gasteiger partial charge in [0.2, 0.25) is 5.92 Å². The molecule has 1 saturated carbocycles. The lowest BCUT2D eigenvalue weighted by atomic mass is 9.83. The van der Waals surface area contributed by atoms with Gasteiger partial charge >= 0.3 is 0 Å². The van der Waals surface area contributed by atoms with E-state index in [1.54, 1.807) is 0 Å². The van der Waals surface area contributed by atoms with Crippen LogP contribution in [0.4, 0.5) is 8.78 Å². The van der Waals surface area contributed by atoms with Crippen molar-refractivity contribution in [1.29, 1.82) is 0 Å². The number of aromatic nitrogens is 2. The molecule has 0 aliphatic heterocycles. The van der Waals surface area contributed by atoms with Crippen LogP contribution in [0.2, 0.25) is 0 Å². The molecular weight excluding hydrogens is 198 g/mol. The molecule has 1 fully saturated rings. The highest BCUT2D eigenvalue weighted by Crippen LogP contribution is 2.41. The van der Waals surface area contributed by atoms with E-state index < -0.39 is 5.92 Å². The number of rotatable bonds is 0. The Bertz CT molecular complexity index is 304. The summed E-state index contributed by atoms with van der Waals surface area (Å²) in [7, 11) is 1.93. The first-order valence-corrected chi connectivity index (χ1v) is 5.15. The molecule has 0 atom stereocenters. The van der Waals surface area contributed by atoms with Gasteiger partial charge in [0.1, 0.15) is 0 Å². The molecule has 0 unspecified atom stereocenters. The van der Waals surface area contributed by atoms with Crippen molar-refractivity contribution < 1.29 is 8.78 Å². The second kappa shape index (κ2) is 4.29. The number of hydrogen-bond donors (Lipinski definition) is 0. The van der Waals surface area contributed by atoms with E-state index in [2.05, 4.69) is 12.0 Å². The number of aryl methyl sites for hydroxylation is 3. The molecule has 1 aliphatic carbocycles. The lowest BCUT2D eigenvalue weighted by Gasteiger charge is -2.31. The Hall–Kier alpha value is -0.930. The summed E-state index contributed by atoms with van der Waals surface area (Å²) in [4.78, 5) is 0. The average Bonchev–Trinajstić information content (AvgIpc) is 2.26. The minimum absolute atomic E-state index is 0.104. The summed E-state index contributed by atoms with van der Waals surface area (Å²) >= 11 is 0. The topological polar surface area (TPSA) is 17.8 Å². The Labute approximate surface area is 89.3 Å². The average molecular weight is 216 g/mol. The van der Waals surface area contributed by atoms with Gasteiger partial charge in [-0.1, -0.05) is 6.92 Å². The van der Waals surface area contributed by atoms with Crippen molar-refractivity contribution in [3.05, 3.63) is 17.5 Å². The lowest BCUT2D eigenvalue weighted by Crippen LogP contribution is -2.33. The van der Waals surface area contributed by atoms with E-state index in [-0.39, 0.29) is 18.8 Å². The van der Waals surface area contributed by atoms with Crippen LogP contribution in [0.3, 0.4) is 0 Å². The molecule has 0 saturated heterocycles. The summed E-state index contributed by atoms with van der Waals surface area (Å²) in [6.07, 6.45) is 2.22. The first-order chi connectivity index (χ1) is 6.80. The Kier molecular flexibility index (Phi) is 3.47. The van der Waals surface area contributed by atoms with E-state index in [9.17, 15) is 8.78 Å². The van der Waals surface area contributed by atoms with Crippen molar-refractivity contribution in [3.8, 4) is 0 Å². The van der Waals surface area contributed by atoms with Crippen molar-refractivity contribution in [2.24, 2.45) is 13.0 Å². The smallest absolute Gasteiger partial charge is 0.248 e. The van der Waals surface area contributed by atoms with Gasteiger partial charge in [-0.05, 0) is 25.3 Å². The van der Waals surface area contributed by atoms with Crippen LogP contribution < -0.4 is 0 Å². The van der Waals surface area contributed by atoms with Gasteiger partial charge in [-0.2, -0.15) is 5.10 Å². The molecule has 1 aromatic rings. The Morgan fingerprint density at radius 1 is 1.40 bits per heavy atom. The number of nitrogens with zero attached hydrogens (tertiary/aromatic N) is 2. The van der Waals surface area contributed by atoms with E-state index in [1.807, 2.05) is 31.8 Å². The van der Waals surface area contributed by atoms with Crippen LogP contribution in [0.1, 0.15) is 31.0 Å².